The Bertz CT molecular complexity index is 1220. The van der Waals surface area contributed by atoms with Crippen LogP contribution in [-0.4, -0.2) is 15.4 Å². The zero-order valence-electron chi connectivity index (χ0n) is 15.1. The molecule has 0 radical (unpaired) electrons. The minimum absolute atomic E-state index is 0.0483. The highest BCUT2D eigenvalue weighted by molar-refractivity contribution is 5.86. The number of fused-ring (bicyclic) bond motifs is 2. The number of ether oxygens (including phenoxy) is 1. The van der Waals surface area contributed by atoms with Crippen LogP contribution in [0.25, 0.3) is 16.6 Å². The van der Waals surface area contributed by atoms with Gasteiger partial charge < -0.3 is 9.15 Å². The number of aryl methyl sites for hydroxylation is 2. The van der Waals surface area contributed by atoms with Crippen LogP contribution in [-0.2, 0) is 22.6 Å². The van der Waals surface area contributed by atoms with E-state index in [1.54, 1.807) is 18.5 Å². The number of furan rings is 1. The Morgan fingerprint density at radius 3 is 2.81 bits per heavy atom. The number of esters is 1. The van der Waals surface area contributed by atoms with Gasteiger partial charge in [0.1, 0.15) is 17.8 Å². The van der Waals surface area contributed by atoms with Crippen molar-refractivity contribution >= 4 is 22.6 Å². The molecule has 0 atom stereocenters. The lowest BCUT2D eigenvalue weighted by Gasteiger charge is -2.06. The van der Waals surface area contributed by atoms with E-state index >= 15 is 0 Å². The van der Waals surface area contributed by atoms with E-state index in [1.807, 2.05) is 38.1 Å². The number of hydrogen-bond acceptors (Lipinski definition) is 5. The van der Waals surface area contributed by atoms with E-state index in [4.69, 9.17) is 9.15 Å². The Morgan fingerprint density at radius 2 is 1.96 bits per heavy atom. The average Bonchev–Trinajstić information content (AvgIpc) is 3.02. The molecule has 3 heterocycles. The monoisotopic (exact) mass is 362 g/mol. The number of benzene rings is 1. The summed E-state index contributed by atoms with van der Waals surface area (Å²) in [7, 11) is 0. The van der Waals surface area contributed by atoms with Gasteiger partial charge in [-0.2, -0.15) is 0 Å². The van der Waals surface area contributed by atoms with Crippen molar-refractivity contribution < 1.29 is 13.9 Å². The van der Waals surface area contributed by atoms with Gasteiger partial charge in [-0.25, -0.2) is 4.98 Å². The third kappa shape index (κ3) is 3.46. The predicted octanol–water partition coefficient (Wildman–Crippen LogP) is 3.34. The van der Waals surface area contributed by atoms with Gasteiger partial charge in [0.2, 0.25) is 0 Å². The summed E-state index contributed by atoms with van der Waals surface area (Å²) in [5.74, 6) is -0.399. The van der Waals surface area contributed by atoms with Gasteiger partial charge in [-0.15, -0.1) is 0 Å². The molecule has 6 nitrogen and oxygen atoms in total. The van der Waals surface area contributed by atoms with Crippen LogP contribution < -0.4 is 5.56 Å². The molecule has 0 unspecified atom stereocenters. The second-order valence-corrected chi connectivity index (χ2v) is 6.62. The number of hydrogen-bond donors (Lipinski definition) is 0. The van der Waals surface area contributed by atoms with Crippen LogP contribution >= 0.6 is 0 Å². The molecule has 136 valence electrons. The Morgan fingerprint density at radius 1 is 1.15 bits per heavy atom. The van der Waals surface area contributed by atoms with E-state index in [0.29, 0.717) is 11.3 Å². The molecule has 0 saturated heterocycles. The van der Waals surface area contributed by atoms with Crippen molar-refractivity contribution in [1.29, 1.82) is 0 Å². The second kappa shape index (κ2) is 6.72. The average molecular weight is 362 g/mol. The lowest BCUT2D eigenvalue weighted by molar-refractivity contribution is -0.144. The molecular weight excluding hydrogens is 344 g/mol. The first-order chi connectivity index (χ1) is 13.0. The maximum absolute atomic E-state index is 12.2. The maximum atomic E-state index is 12.2. The molecule has 4 rings (SSSR count). The summed E-state index contributed by atoms with van der Waals surface area (Å²) in [5.41, 5.74) is 4.32. The van der Waals surface area contributed by atoms with Crippen molar-refractivity contribution in [3.05, 3.63) is 81.6 Å². The van der Waals surface area contributed by atoms with Gasteiger partial charge in [0.25, 0.3) is 5.56 Å². The fourth-order valence-electron chi connectivity index (χ4n) is 3.02. The molecule has 0 aliphatic heterocycles. The molecule has 0 fully saturated rings. The zero-order valence-corrected chi connectivity index (χ0v) is 15.1. The van der Waals surface area contributed by atoms with Gasteiger partial charge in [0.05, 0.1) is 18.4 Å². The first kappa shape index (κ1) is 17.0. The van der Waals surface area contributed by atoms with Gasteiger partial charge in [-0.3, -0.25) is 14.0 Å². The minimum Gasteiger partial charge on any atom is -0.464 e. The smallest absolute Gasteiger partial charge is 0.310 e. The molecule has 4 aromatic rings. The van der Waals surface area contributed by atoms with E-state index in [1.165, 1.54) is 10.5 Å². The second-order valence-electron chi connectivity index (χ2n) is 6.62. The normalized spacial score (nSPS) is 11.2. The van der Waals surface area contributed by atoms with Crippen LogP contribution in [0.3, 0.4) is 0 Å². The first-order valence-corrected chi connectivity index (χ1v) is 8.61. The molecule has 0 N–H and O–H groups in total. The fourth-order valence-corrected chi connectivity index (χ4v) is 3.02. The molecule has 0 amide bonds. The molecule has 0 aliphatic rings. The first-order valence-electron chi connectivity index (χ1n) is 8.61. The molecule has 0 bridgehead atoms. The highest BCUT2D eigenvalue weighted by Gasteiger charge is 2.12. The molecule has 1 aromatic carbocycles. The van der Waals surface area contributed by atoms with Gasteiger partial charge in [0, 0.05) is 23.2 Å². The van der Waals surface area contributed by atoms with E-state index in [2.05, 4.69) is 4.98 Å². The number of carbonyl (C=O) groups excluding carboxylic acids is 1. The van der Waals surface area contributed by atoms with Crippen LogP contribution in [0.1, 0.15) is 22.4 Å². The molecule has 0 aliphatic carbocycles. The molecule has 0 saturated carbocycles. The Kier molecular flexibility index (Phi) is 4.24. The summed E-state index contributed by atoms with van der Waals surface area (Å²) >= 11 is 0. The van der Waals surface area contributed by atoms with Crippen molar-refractivity contribution in [2.75, 3.05) is 0 Å². The summed E-state index contributed by atoms with van der Waals surface area (Å²) in [5, 5.41) is 0.898. The molecule has 27 heavy (non-hydrogen) atoms. The Balaban J connectivity index is 1.48. The summed E-state index contributed by atoms with van der Waals surface area (Å²) in [6.45, 7) is 3.84. The summed E-state index contributed by atoms with van der Waals surface area (Å²) < 4.78 is 12.3. The molecule has 6 heteroatoms. The largest absolute Gasteiger partial charge is 0.464 e. The number of nitrogens with zero attached hydrogens (tertiary/aromatic N) is 2. The van der Waals surface area contributed by atoms with Crippen molar-refractivity contribution in [1.82, 2.24) is 9.38 Å². The van der Waals surface area contributed by atoms with Gasteiger partial charge in [-0.05, 0) is 37.1 Å². The van der Waals surface area contributed by atoms with E-state index in [9.17, 15) is 9.59 Å². The SMILES string of the molecule is Cc1ccc2c(CC(=O)OCc3cc(=O)n4cc(C)ccc4n3)coc2c1. The number of carbonyl (C=O) groups is 1. The third-order valence-corrected chi connectivity index (χ3v) is 4.39. The molecule has 3 aromatic heterocycles. The van der Waals surface area contributed by atoms with Crippen LogP contribution in [0.4, 0.5) is 0 Å². The number of pyridine rings is 1. The standard InChI is InChI=1S/C21H18N2O4/c1-13-3-5-17-15(11-26-18(17)7-13)8-21(25)27-12-16-9-20(24)23-10-14(2)4-6-19(23)22-16/h3-7,9-11H,8,12H2,1-2H3. The van der Waals surface area contributed by atoms with Crippen molar-refractivity contribution in [2.45, 2.75) is 26.9 Å². The van der Waals surface area contributed by atoms with Gasteiger partial charge >= 0.3 is 5.97 Å². The van der Waals surface area contributed by atoms with E-state index in [-0.39, 0.29) is 18.6 Å². The van der Waals surface area contributed by atoms with Crippen LogP contribution in [0.5, 0.6) is 0 Å². The number of rotatable bonds is 4. The number of aromatic nitrogens is 2. The zero-order chi connectivity index (χ0) is 19.0. The summed E-state index contributed by atoms with van der Waals surface area (Å²) in [4.78, 5) is 28.8. The topological polar surface area (TPSA) is 73.8 Å². The van der Waals surface area contributed by atoms with Crippen LogP contribution in [0.15, 0.2) is 58.1 Å². The van der Waals surface area contributed by atoms with E-state index < -0.39 is 5.97 Å². The third-order valence-electron chi connectivity index (χ3n) is 4.39. The van der Waals surface area contributed by atoms with Crippen molar-refractivity contribution in [3.8, 4) is 0 Å². The van der Waals surface area contributed by atoms with Gasteiger partial charge in [-0.1, -0.05) is 18.2 Å². The minimum atomic E-state index is -0.399. The van der Waals surface area contributed by atoms with Gasteiger partial charge in [0.15, 0.2) is 0 Å². The van der Waals surface area contributed by atoms with Crippen molar-refractivity contribution in [2.24, 2.45) is 0 Å². The summed E-state index contributed by atoms with van der Waals surface area (Å²) in [6, 6.07) is 10.9. The predicted molar refractivity (Wildman–Crippen MR) is 101 cm³/mol. The Hall–Kier alpha value is -3.41. The summed E-state index contributed by atoms with van der Waals surface area (Å²) in [6.07, 6.45) is 3.41. The quantitative estimate of drug-likeness (QED) is 0.521. The van der Waals surface area contributed by atoms with Crippen LogP contribution in [0.2, 0.25) is 0 Å². The molecular formula is C21H18N2O4. The lowest BCUT2D eigenvalue weighted by atomic mass is 10.1. The highest BCUT2D eigenvalue weighted by Crippen LogP contribution is 2.23. The van der Waals surface area contributed by atoms with Crippen molar-refractivity contribution in [3.63, 3.8) is 0 Å². The lowest BCUT2D eigenvalue weighted by Crippen LogP contribution is -2.17. The molecule has 0 spiro atoms. The maximum Gasteiger partial charge on any atom is 0.310 e. The van der Waals surface area contributed by atoms with Crippen LogP contribution in [0, 0.1) is 13.8 Å². The fraction of sp³-hybridized carbons (Fsp3) is 0.190. The van der Waals surface area contributed by atoms with E-state index in [0.717, 1.165) is 27.7 Å². The Labute approximate surface area is 155 Å². The highest BCUT2D eigenvalue weighted by atomic mass is 16.5.